The number of anilines is 1. The maximum Gasteiger partial charge on any atom is 0.262 e. The molecule has 0 saturated carbocycles. The van der Waals surface area contributed by atoms with E-state index in [2.05, 4.69) is 22.5 Å². The third-order valence-corrected chi connectivity index (χ3v) is 3.62. The third-order valence-electron chi connectivity index (χ3n) is 3.62. The van der Waals surface area contributed by atoms with Gasteiger partial charge in [-0.05, 0) is 24.6 Å². The topological polar surface area (TPSA) is 68.2 Å². The molecule has 0 aliphatic carbocycles. The van der Waals surface area contributed by atoms with Crippen molar-refractivity contribution in [2.45, 2.75) is 19.5 Å². The number of nitrogens with zero attached hydrogens (tertiary/aromatic N) is 2. The maximum atomic E-state index is 11.4. The number of nitrogens with one attached hydrogen (secondary N) is 2. The number of carbonyl (C=O) groups is 1. The molecule has 2 N–H and O–H groups in total. The van der Waals surface area contributed by atoms with Crippen molar-refractivity contribution in [3.63, 3.8) is 0 Å². The molecule has 21 heavy (non-hydrogen) atoms. The Balaban J connectivity index is 1.70. The van der Waals surface area contributed by atoms with E-state index in [0.717, 1.165) is 22.8 Å². The maximum absolute atomic E-state index is 11.4. The molecule has 0 spiro atoms. The average Bonchev–Trinajstić information content (AvgIpc) is 2.89. The van der Waals surface area contributed by atoms with Gasteiger partial charge in [0.2, 0.25) is 0 Å². The first-order chi connectivity index (χ1) is 10.1. The quantitative estimate of drug-likeness (QED) is 0.896. The van der Waals surface area contributed by atoms with Crippen molar-refractivity contribution in [1.29, 1.82) is 0 Å². The SMILES string of the molecule is CC(NCc1nccn1C)c1ccc2c(c1)NC(=O)CO2. The van der Waals surface area contributed by atoms with Gasteiger partial charge in [-0.1, -0.05) is 6.07 Å². The highest BCUT2D eigenvalue weighted by Gasteiger charge is 2.17. The standard InChI is InChI=1S/C15H18N4O2/c1-10(17-8-14-16-5-6-19(14)2)11-3-4-13-12(7-11)18-15(20)9-21-13/h3-7,10,17H,8-9H2,1-2H3,(H,18,20). The molecular formula is C15H18N4O2. The van der Waals surface area contributed by atoms with Gasteiger partial charge in [-0.25, -0.2) is 4.98 Å². The van der Waals surface area contributed by atoms with Gasteiger partial charge in [-0.15, -0.1) is 0 Å². The predicted molar refractivity (Wildman–Crippen MR) is 79.0 cm³/mol. The van der Waals surface area contributed by atoms with Crippen LogP contribution in [0.15, 0.2) is 30.6 Å². The Morgan fingerprint density at radius 1 is 1.52 bits per heavy atom. The normalized spacial score (nSPS) is 15.0. The van der Waals surface area contributed by atoms with Crippen molar-refractivity contribution in [1.82, 2.24) is 14.9 Å². The van der Waals surface area contributed by atoms with E-state index >= 15 is 0 Å². The fourth-order valence-corrected chi connectivity index (χ4v) is 2.30. The molecule has 1 atom stereocenters. The zero-order valence-corrected chi connectivity index (χ0v) is 12.1. The highest BCUT2D eigenvalue weighted by atomic mass is 16.5. The molecule has 1 aromatic heterocycles. The number of fused-ring (bicyclic) bond motifs is 1. The number of carbonyl (C=O) groups excluding carboxylic acids is 1. The van der Waals surface area contributed by atoms with Crippen LogP contribution in [0.1, 0.15) is 24.4 Å². The van der Waals surface area contributed by atoms with E-state index in [0.29, 0.717) is 6.54 Å². The molecule has 3 rings (SSSR count). The molecule has 6 nitrogen and oxygen atoms in total. The number of hydrogen-bond donors (Lipinski definition) is 2. The van der Waals surface area contributed by atoms with Gasteiger partial charge in [0.15, 0.2) is 6.61 Å². The van der Waals surface area contributed by atoms with E-state index < -0.39 is 0 Å². The number of ether oxygens (including phenoxy) is 1. The van der Waals surface area contributed by atoms with Gasteiger partial charge in [0.25, 0.3) is 5.91 Å². The molecule has 0 bridgehead atoms. The number of hydrogen-bond acceptors (Lipinski definition) is 4. The number of imidazole rings is 1. The summed E-state index contributed by atoms with van der Waals surface area (Å²) in [5.41, 5.74) is 1.82. The second-order valence-electron chi connectivity index (χ2n) is 5.15. The predicted octanol–water partition coefficient (Wildman–Crippen LogP) is 1.60. The van der Waals surface area contributed by atoms with Gasteiger partial charge in [0.05, 0.1) is 12.2 Å². The van der Waals surface area contributed by atoms with Crippen LogP contribution in [-0.2, 0) is 18.4 Å². The molecule has 0 fully saturated rings. The Morgan fingerprint density at radius 3 is 3.14 bits per heavy atom. The first-order valence-corrected chi connectivity index (χ1v) is 6.89. The second-order valence-corrected chi connectivity index (χ2v) is 5.15. The van der Waals surface area contributed by atoms with E-state index in [-0.39, 0.29) is 18.6 Å². The lowest BCUT2D eigenvalue weighted by atomic mass is 10.1. The Hall–Kier alpha value is -2.34. The summed E-state index contributed by atoms with van der Waals surface area (Å²) in [7, 11) is 1.97. The van der Waals surface area contributed by atoms with Crippen molar-refractivity contribution in [2.75, 3.05) is 11.9 Å². The molecule has 1 amide bonds. The van der Waals surface area contributed by atoms with Crippen molar-refractivity contribution in [2.24, 2.45) is 7.05 Å². The Morgan fingerprint density at radius 2 is 2.38 bits per heavy atom. The van der Waals surface area contributed by atoms with Crippen LogP contribution in [0.4, 0.5) is 5.69 Å². The lowest BCUT2D eigenvalue weighted by molar-refractivity contribution is -0.118. The molecule has 1 aliphatic heterocycles. The lowest BCUT2D eigenvalue weighted by Gasteiger charge is -2.21. The molecular weight excluding hydrogens is 268 g/mol. The van der Waals surface area contributed by atoms with E-state index in [1.54, 1.807) is 6.20 Å². The van der Waals surface area contributed by atoms with Gasteiger partial charge in [0.1, 0.15) is 11.6 Å². The van der Waals surface area contributed by atoms with Crippen LogP contribution in [0, 0.1) is 0 Å². The lowest BCUT2D eigenvalue weighted by Crippen LogP contribution is -2.26. The minimum Gasteiger partial charge on any atom is -0.482 e. The highest BCUT2D eigenvalue weighted by molar-refractivity contribution is 5.95. The largest absolute Gasteiger partial charge is 0.482 e. The second kappa shape index (κ2) is 5.57. The van der Waals surface area contributed by atoms with Gasteiger partial charge in [-0.2, -0.15) is 0 Å². The smallest absolute Gasteiger partial charge is 0.262 e. The van der Waals surface area contributed by atoms with E-state index in [4.69, 9.17) is 4.74 Å². The van der Waals surface area contributed by atoms with Crippen LogP contribution >= 0.6 is 0 Å². The summed E-state index contributed by atoms with van der Waals surface area (Å²) in [4.78, 5) is 15.6. The van der Waals surface area contributed by atoms with Gasteiger partial charge >= 0.3 is 0 Å². The van der Waals surface area contributed by atoms with Crippen LogP contribution in [0.2, 0.25) is 0 Å². The molecule has 0 radical (unpaired) electrons. The minimum absolute atomic E-state index is 0.0826. The number of rotatable bonds is 4. The van der Waals surface area contributed by atoms with E-state index in [1.807, 2.05) is 36.0 Å². The summed E-state index contributed by atoms with van der Waals surface area (Å²) in [6, 6.07) is 5.99. The van der Waals surface area contributed by atoms with Crippen LogP contribution in [0.5, 0.6) is 5.75 Å². The summed E-state index contributed by atoms with van der Waals surface area (Å²) in [5.74, 6) is 1.58. The molecule has 1 aromatic carbocycles. The zero-order valence-electron chi connectivity index (χ0n) is 12.1. The molecule has 2 heterocycles. The first kappa shape index (κ1) is 13.6. The molecule has 0 saturated heterocycles. The van der Waals surface area contributed by atoms with E-state index in [1.165, 1.54) is 0 Å². The fourth-order valence-electron chi connectivity index (χ4n) is 2.30. The Labute approximate surface area is 123 Å². The summed E-state index contributed by atoms with van der Waals surface area (Å²) in [6.45, 7) is 2.85. The Kier molecular flexibility index (Phi) is 3.62. The van der Waals surface area contributed by atoms with Crippen molar-refractivity contribution in [3.8, 4) is 5.75 Å². The summed E-state index contributed by atoms with van der Waals surface area (Å²) in [6.07, 6.45) is 3.71. The monoisotopic (exact) mass is 286 g/mol. The highest BCUT2D eigenvalue weighted by Crippen LogP contribution is 2.30. The number of benzene rings is 1. The first-order valence-electron chi connectivity index (χ1n) is 6.89. The molecule has 110 valence electrons. The number of aryl methyl sites for hydroxylation is 1. The summed E-state index contributed by atoms with van der Waals surface area (Å²) >= 11 is 0. The van der Waals surface area contributed by atoms with Crippen molar-refractivity contribution < 1.29 is 9.53 Å². The summed E-state index contributed by atoms with van der Waals surface area (Å²) in [5, 5.41) is 6.25. The van der Waals surface area contributed by atoms with Gasteiger partial charge < -0.3 is 19.9 Å². The fraction of sp³-hybridized carbons (Fsp3) is 0.333. The number of aromatic nitrogens is 2. The van der Waals surface area contributed by atoms with E-state index in [9.17, 15) is 4.79 Å². The van der Waals surface area contributed by atoms with Crippen LogP contribution in [0.3, 0.4) is 0 Å². The van der Waals surface area contributed by atoms with Crippen LogP contribution in [-0.4, -0.2) is 22.1 Å². The minimum atomic E-state index is -0.117. The Bertz CT molecular complexity index is 665. The molecule has 1 unspecified atom stereocenters. The number of amides is 1. The molecule has 1 aliphatic rings. The summed E-state index contributed by atoms with van der Waals surface area (Å²) < 4.78 is 7.35. The van der Waals surface area contributed by atoms with Crippen LogP contribution in [0.25, 0.3) is 0 Å². The van der Waals surface area contributed by atoms with Crippen molar-refractivity contribution in [3.05, 3.63) is 42.0 Å². The zero-order chi connectivity index (χ0) is 14.8. The van der Waals surface area contributed by atoms with Crippen molar-refractivity contribution >= 4 is 11.6 Å². The molecule has 2 aromatic rings. The van der Waals surface area contributed by atoms with Gasteiger partial charge in [-0.3, -0.25) is 4.79 Å². The molecule has 6 heteroatoms. The van der Waals surface area contributed by atoms with Crippen LogP contribution < -0.4 is 15.4 Å². The third kappa shape index (κ3) is 2.90. The average molecular weight is 286 g/mol. The van der Waals surface area contributed by atoms with Gasteiger partial charge in [0, 0.05) is 25.5 Å².